The fraction of sp³-hybridized carbons (Fsp3) is 0.545. The van der Waals surface area contributed by atoms with E-state index in [9.17, 15) is 26.3 Å². The van der Waals surface area contributed by atoms with Crippen LogP contribution in [0.4, 0.5) is 26.3 Å². The lowest BCUT2D eigenvalue weighted by molar-refractivity contribution is -0.193. The number of carbonyl (C=O) groups is 2. The van der Waals surface area contributed by atoms with Crippen molar-refractivity contribution in [3.63, 3.8) is 0 Å². The van der Waals surface area contributed by atoms with Gasteiger partial charge in [-0.1, -0.05) is 0 Å². The van der Waals surface area contributed by atoms with Crippen molar-refractivity contribution in [2.45, 2.75) is 44.2 Å². The summed E-state index contributed by atoms with van der Waals surface area (Å²) in [7, 11) is 2.05. The summed E-state index contributed by atoms with van der Waals surface area (Å²) in [6.07, 6.45) is -1.73. The molecule has 3 heterocycles. The van der Waals surface area contributed by atoms with Gasteiger partial charge in [-0.2, -0.15) is 31.4 Å². The fourth-order valence-electron chi connectivity index (χ4n) is 3.50. The van der Waals surface area contributed by atoms with Crippen LogP contribution < -0.4 is 0 Å². The number of aliphatic carboxylic acids is 2. The van der Waals surface area contributed by atoms with E-state index in [1.165, 1.54) is 29.7 Å². The van der Waals surface area contributed by atoms with Gasteiger partial charge in [0.25, 0.3) is 0 Å². The highest BCUT2D eigenvalue weighted by atomic mass is 19.4. The molecule has 1 fully saturated rings. The maximum Gasteiger partial charge on any atom is 0.490 e. The van der Waals surface area contributed by atoms with Crippen LogP contribution in [0.1, 0.15) is 35.6 Å². The van der Waals surface area contributed by atoms with Crippen molar-refractivity contribution in [1.29, 1.82) is 0 Å². The van der Waals surface area contributed by atoms with Crippen LogP contribution in [0.3, 0.4) is 0 Å². The van der Waals surface area contributed by atoms with Crippen LogP contribution in [-0.2, 0) is 34.5 Å². The van der Waals surface area contributed by atoms with Gasteiger partial charge in [0, 0.05) is 62.9 Å². The average molecular weight is 540 g/mol. The molecule has 2 aliphatic rings. The smallest absolute Gasteiger partial charge is 0.475 e. The Balaban J connectivity index is 0.000000286. The van der Waals surface area contributed by atoms with Gasteiger partial charge in [0.1, 0.15) is 0 Å². The van der Waals surface area contributed by atoms with Gasteiger partial charge in [0.2, 0.25) is 0 Å². The lowest BCUT2D eigenvalue weighted by atomic mass is 9.96. The zero-order valence-corrected chi connectivity index (χ0v) is 19.7. The second-order valence-electron chi connectivity index (χ2n) is 8.49. The molecule has 0 aromatic carbocycles. The molecule has 0 bridgehead atoms. The van der Waals surface area contributed by atoms with Crippen LogP contribution in [0.15, 0.2) is 30.7 Å². The molecule has 2 aromatic rings. The lowest BCUT2D eigenvalue weighted by Gasteiger charge is -2.33. The van der Waals surface area contributed by atoms with Crippen LogP contribution >= 0.6 is 0 Å². The molecule has 1 atom stereocenters. The molecule has 1 aliphatic carbocycles. The maximum atomic E-state index is 10.6. The Morgan fingerprint density at radius 1 is 1.03 bits per heavy atom. The minimum atomic E-state index is -5.08. The van der Waals surface area contributed by atoms with Crippen LogP contribution in [0, 0.1) is 5.92 Å². The highest BCUT2D eigenvalue weighted by molar-refractivity contribution is 5.73. The molecule has 37 heavy (non-hydrogen) atoms. The standard InChI is InChI=1S/C18H24N4O.2C2HF3O2/c1-21-18-16(8-20-21)10-22(9-14-4-6-19-7-5-14)11-17(18)13-23-12-15-2-3-15;2*3-2(4,5)1(6)7/h4-8,15,17H,2-3,9-13H2,1H3;2*(H,6,7). The number of halogens is 6. The molecule has 0 saturated heterocycles. The molecule has 0 amide bonds. The van der Waals surface area contributed by atoms with Crippen molar-refractivity contribution in [1.82, 2.24) is 19.7 Å². The molecule has 9 nitrogen and oxygen atoms in total. The number of fused-ring (bicyclic) bond motifs is 1. The highest BCUT2D eigenvalue weighted by Gasteiger charge is 2.39. The number of aromatic nitrogens is 3. The zero-order chi connectivity index (χ0) is 27.8. The number of hydrogen-bond donors (Lipinski definition) is 2. The Kier molecular flexibility index (Phi) is 10.4. The lowest BCUT2D eigenvalue weighted by Crippen LogP contribution is -2.35. The summed E-state index contributed by atoms with van der Waals surface area (Å²) in [6.45, 7) is 4.67. The quantitative estimate of drug-likeness (QED) is 0.534. The van der Waals surface area contributed by atoms with Gasteiger partial charge < -0.3 is 14.9 Å². The van der Waals surface area contributed by atoms with Crippen LogP contribution in [0.25, 0.3) is 0 Å². The van der Waals surface area contributed by atoms with Crippen LogP contribution in [-0.4, -0.2) is 73.9 Å². The molecule has 4 rings (SSSR count). The summed E-state index contributed by atoms with van der Waals surface area (Å²) < 4.78 is 71.5. The molecule has 0 radical (unpaired) electrons. The largest absolute Gasteiger partial charge is 0.490 e. The number of ether oxygens (including phenoxy) is 1. The Bertz CT molecular complexity index is 1000. The molecule has 0 spiro atoms. The second kappa shape index (κ2) is 12.9. The van der Waals surface area contributed by atoms with Crippen molar-refractivity contribution < 1.29 is 50.9 Å². The van der Waals surface area contributed by atoms with E-state index in [4.69, 9.17) is 24.5 Å². The van der Waals surface area contributed by atoms with Gasteiger partial charge >= 0.3 is 24.3 Å². The monoisotopic (exact) mass is 540 g/mol. The van der Waals surface area contributed by atoms with E-state index in [-0.39, 0.29) is 0 Å². The maximum absolute atomic E-state index is 10.6. The SMILES string of the molecule is Cn1ncc2c1C(COCC1CC1)CN(Cc1ccncc1)C2.O=C(O)C(F)(F)F.O=C(O)C(F)(F)F. The molecule has 15 heteroatoms. The Hall–Kier alpha value is -3.20. The van der Waals surface area contributed by atoms with Gasteiger partial charge in [-0.15, -0.1) is 0 Å². The predicted octanol–water partition coefficient (Wildman–Crippen LogP) is 3.61. The van der Waals surface area contributed by atoms with Gasteiger partial charge in [-0.05, 0) is 36.5 Å². The Morgan fingerprint density at radius 2 is 1.57 bits per heavy atom. The van der Waals surface area contributed by atoms with E-state index in [1.807, 2.05) is 30.3 Å². The second-order valence-corrected chi connectivity index (χ2v) is 8.49. The number of aryl methyl sites for hydroxylation is 1. The van der Waals surface area contributed by atoms with E-state index in [0.29, 0.717) is 5.92 Å². The third-order valence-corrected chi connectivity index (χ3v) is 5.33. The zero-order valence-electron chi connectivity index (χ0n) is 19.7. The van der Waals surface area contributed by atoms with Crippen molar-refractivity contribution in [3.05, 3.63) is 47.5 Å². The first-order valence-electron chi connectivity index (χ1n) is 11.0. The summed E-state index contributed by atoms with van der Waals surface area (Å²) >= 11 is 0. The summed E-state index contributed by atoms with van der Waals surface area (Å²) in [4.78, 5) is 24.4. The van der Waals surface area contributed by atoms with E-state index < -0.39 is 24.3 Å². The first-order valence-corrected chi connectivity index (χ1v) is 11.0. The normalized spacial score (nSPS) is 17.5. The summed E-state index contributed by atoms with van der Waals surface area (Å²) in [6, 6.07) is 4.19. The fourth-order valence-corrected chi connectivity index (χ4v) is 3.50. The van der Waals surface area contributed by atoms with E-state index in [1.54, 1.807) is 0 Å². The molecular weight excluding hydrogens is 514 g/mol. The Morgan fingerprint density at radius 3 is 2.05 bits per heavy atom. The van der Waals surface area contributed by atoms with E-state index in [2.05, 4.69) is 27.1 Å². The van der Waals surface area contributed by atoms with Crippen molar-refractivity contribution in [2.24, 2.45) is 13.0 Å². The van der Waals surface area contributed by atoms with Crippen LogP contribution in [0.2, 0.25) is 0 Å². The molecule has 2 N–H and O–H groups in total. The first-order chi connectivity index (χ1) is 17.2. The molecule has 1 aliphatic heterocycles. The van der Waals surface area contributed by atoms with Crippen molar-refractivity contribution in [2.75, 3.05) is 19.8 Å². The van der Waals surface area contributed by atoms with E-state index in [0.717, 1.165) is 38.8 Å². The number of carboxylic acids is 2. The number of hydrogen-bond acceptors (Lipinski definition) is 6. The topological polar surface area (TPSA) is 118 Å². The molecule has 2 aromatic heterocycles. The van der Waals surface area contributed by atoms with Gasteiger partial charge in [-0.25, -0.2) is 9.59 Å². The third-order valence-electron chi connectivity index (χ3n) is 5.33. The molecular formula is C22H26F6N4O5. The third kappa shape index (κ3) is 10.4. The van der Waals surface area contributed by atoms with Crippen molar-refractivity contribution in [3.8, 4) is 0 Å². The van der Waals surface area contributed by atoms with Crippen molar-refractivity contribution >= 4 is 11.9 Å². The summed E-state index contributed by atoms with van der Waals surface area (Å²) in [5.74, 6) is -4.29. The molecule has 1 saturated carbocycles. The number of nitrogens with zero attached hydrogens (tertiary/aromatic N) is 4. The predicted molar refractivity (Wildman–Crippen MR) is 115 cm³/mol. The number of pyridine rings is 1. The number of rotatable bonds is 6. The van der Waals surface area contributed by atoms with E-state index >= 15 is 0 Å². The summed E-state index contributed by atoms with van der Waals surface area (Å²) in [5.41, 5.74) is 4.00. The number of alkyl halides is 6. The first kappa shape index (κ1) is 30.0. The minimum Gasteiger partial charge on any atom is -0.475 e. The minimum absolute atomic E-state index is 0.409. The number of carboxylic acid groups (broad SMARTS) is 2. The molecule has 1 unspecified atom stereocenters. The Labute approximate surface area is 207 Å². The van der Waals surface area contributed by atoms with Gasteiger partial charge in [0.05, 0.1) is 12.8 Å². The van der Waals surface area contributed by atoms with Crippen LogP contribution in [0.5, 0.6) is 0 Å². The highest BCUT2D eigenvalue weighted by Crippen LogP contribution is 2.32. The molecule has 206 valence electrons. The average Bonchev–Trinajstić information content (AvgIpc) is 3.55. The van der Waals surface area contributed by atoms with Gasteiger partial charge in [-0.3, -0.25) is 14.6 Å². The van der Waals surface area contributed by atoms with Gasteiger partial charge in [0.15, 0.2) is 0 Å². The summed E-state index contributed by atoms with van der Waals surface area (Å²) in [5, 5.41) is 18.7.